The number of rotatable bonds is 1. The third kappa shape index (κ3) is 2.14. The van der Waals surface area contributed by atoms with Crippen LogP contribution in [0.2, 0.25) is 0 Å². The minimum atomic E-state index is -0.0620. The number of nitrogens with one attached hydrogen (secondary N) is 1. The van der Waals surface area contributed by atoms with E-state index in [1.54, 1.807) is 18.7 Å². The zero-order valence-corrected chi connectivity index (χ0v) is 14.4. The molecular weight excluding hydrogens is 328 g/mol. The van der Waals surface area contributed by atoms with Crippen LogP contribution in [0.3, 0.4) is 0 Å². The van der Waals surface area contributed by atoms with Gasteiger partial charge in [-0.25, -0.2) is 4.98 Å². The minimum Gasteiger partial charge on any atom is -0.326 e. The van der Waals surface area contributed by atoms with Crippen LogP contribution in [0.4, 0.5) is 5.69 Å². The molecule has 120 valence electrons. The standard InChI is InChI=1S/C21H14N2OS/c1-12(24)22-16-10-5-11-18-19(16)14-7-4-9-17-20(14)21(25-18)13-6-2-3-8-15(13)23-17/h2-11H,1H3,(H,22,24). The highest BCUT2D eigenvalue weighted by molar-refractivity contribution is 8.00. The molecule has 5 rings (SSSR count). The van der Waals surface area contributed by atoms with Crippen molar-refractivity contribution in [3.63, 3.8) is 0 Å². The maximum absolute atomic E-state index is 11.6. The van der Waals surface area contributed by atoms with Crippen molar-refractivity contribution < 1.29 is 4.79 Å². The Hall–Kier alpha value is -2.85. The number of para-hydroxylation sites is 1. The lowest BCUT2D eigenvalue weighted by Crippen LogP contribution is -2.08. The van der Waals surface area contributed by atoms with Gasteiger partial charge >= 0.3 is 0 Å². The molecule has 3 aromatic carbocycles. The quantitative estimate of drug-likeness (QED) is 0.410. The maximum Gasteiger partial charge on any atom is 0.221 e. The highest BCUT2D eigenvalue weighted by Gasteiger charge is 2.24. The van der Waals surface area contributed by atoms with Crippen molar-refractivity contribution in [2.24, 2.45) is 0 Å². The molecule has 0 bridgehead atoms. The average molecular weight is 342 g/mol. The van der Waals surface area contributed by atoms with E-state index in [-0.39, 0.29) is 5.91 Å². The zero-order chi connectivity index (χ0) is 17.0. The maximum atomic E-state index is 11.6. The van der Waals surface area contributed by atoms with Crippen molar-refractivity contribution >= 4 is 45.2 Å². The van der Waals surface area contributed by atoms with Crippen LogP contribution in [0.5, 0.6) is 0 Å². The summed E-state index contributed by atoms with van der Waals surface area (Å²) in [6.45, 7) is 1.54. The number of nitrogens with zero attached hydrogens (tertiary/aromatic N) is 1. The van der Waals surface area contributed by atoms with E-state index in [4.69, 9.17) is 4.98 Å². The number of hydrogen-bond acceptors (Lipinski definition) is 3. The fourth-order valence-electron chi connectivity index (χ4n) is 3.51. The van der Waals surface area contributed by atoms with Gasteiger partial charge in [0.05, 0.1) is 11.0 Å². The molecule has 0 aliphatic carbocycles. The summed E-state index contributed by atoms with van der Waals surface area (Å²) in [4.78, 5) is 18.9. The second-order valence-electron chi connectivity index (χ2n) is 6.12. The predicted molar refractivity (Wildman–Crippen MR) is 103 cm³/mol. The molecule has 0 saturated carbocycles. The summed E-state index contributed by atoms with van der Waals surface area (Å²) < 4.78 is 0. The second-order valence-corrected chi connectivity index (χ2v) is 7.17. The van der Waals surface area contributed by atoms with Gasteiger partial charge in [-0.1, -0.05) is 48.2 Å². The normalized spacial score (nSPS) is 12.2. The molecule has 0 fully saturated rings. The van der Waals surface area contributed by atoms with Crippen molar-refractivity contribution in [2.75, 3.05) is 5.32 Å². The molecule has 0 saturated heterocycles. The van der Waals surface area contributed by atoms with Gasteiger partial charge in [0.1, 0.15) is 0 Å². The van der Waals surface area contributed by atoms with Crippen LogP contribution in [0.1, 0.15) is 6.92 Å². The van der Waals surface area contributed by atoms with E-state index in [1.807, 2.05) is 24.3 Å². The van der Waals surface area contributed by atoms with E-state index in [9.17, 15) is 4.79 Å². The Bertz CT molecular complexity index is 1180. The number of carbonyl (C=O) groups excluding carboxylic acids is 1. The molecule has 1 N–H and O–H groups in total. The minimum absolute atomic E-state index is 0.0620. The molecule has 25 heavy (non-hydrogen) atoms. The third-order valence-electron chi connectivity index (χ3n) is 4.48. The molecule has 0 atom stereocenters. The van der Waals surface area contributed by atoms with Gasteiger partial charge in [-0.3, -0.25) is 4.79 Å². The molecule has 2 heterocycles. The number of fused-ring (bicyclic) bond motifs is 4. The van der Waals surface area contributed by atoms with Gasteiger partial charge in [0.2, 0.25) is 5.91 Å². The molecule has 4 aromatic rings. The molecule has 1 amide bonds. The molecule has 0 unspecified atom stereocenters. The van der Waals surface area contributed by atoms with Crippen LogP contribution >= 0.6 is 11.8 Å². The first-order valence-corrected chi connectivity index (χ1v) is 8.94. The van der Waals surface area contributed by atoms with E-state index in [2.05, 4.69) is 41.7 Å². The lowest BCUT2D eigenvalue weighted by atomic mass is 9.97. The van der Waals surface area contributed by atoms with Gasteiger partial charge in [0.25, 0.3) is 0 Å². The molecule has 0 spiro atoms. The molecule has 1 aliphatic rings. The largest absolute Gasteiger partial charge is 0.326 e. The van der Waals surface area contributed by atoms with Crippen LogP contribution in [-0.4, -0.2) is 10.9 Å². The fraction of sp³-hybridized carbons (Fsp3) is 0.0476. The van der Waals surface area contributed by atoms with E-state index >= 15 is 0 Å². The summed E-state index contributed by atoms with van der Waals surface area (Å²) in [5, 5.41) is 5.30. The first-order valence-electron chi connectivity index (χ1n) is 8.12. The second kappa shape index (κ2) is 5.33. The Kier molecular flexibility index (Phi) is 3.09. The third-order valence-corrected chi connectivity index (χ3v) is 5.67. The van der Waals surface area contributed by atoms with E-state index in [0.717, 1.165) is 38.1 Å². The first kappa shape index (κ1) is 14.5. The smallest absolute Gasteiger partial charge is 0.221 e. The highest BCUT2D eigenvalue weighted by atomic mass is 32.2. The van der Waals surface area contributed by atoms with Crippen molar-refractivity contribution in [1.29, 1.82) is 0 Å². The number of anilines is 1. The Morgan fingerprint density at radius 3 is 2.64 bits per heavy atom. The monoisotopic (exact) mass is 342 g/mol. The lowest BCUT2D eigenvalue weighted by Gasteiger charge is -2.23. The van der Waals surface area contributed by atoms with Crippen molar-refractivity contribution in [3.8, 4) is 11.1 Å². The van der Waals surface area contributed by atoms with Gasteiger partial charge in [-0.15, -0.1) is 0 Å². The van der Waals surface area contributed by atoms with Crippen LogP contribution < -0.4 is 5.32 Å². The summed E-state index contributed by atoms with van der Waals surface area (Å²) in [7, 11) is 0. The van der Waals surface area contributed by atoms with Crippen molar-refractivity contribution in [3.05, 3.63) is 60.7 Å². The number of amides is 1. The molecule has 1 aliphatic heterocycles. The summed E-state index contributed by atoms with van der Waals surface area (Å²) in [5.41, 5.74) is 5.06. The van der Waals surface area contributed by atoms with E-state index < -0.39 is 0 Å². The van der Waals surface area contributed by atoms with Gasteiger partial charge in [-0.2, -0.15) is 0 Å². The Balaban J connectivity index is 1.92. The topological polar surface area (TPSA) is 42.0 Å². The predicted octanol–water partition coefficient (Wildman–Crippen LogP) is 5.48. The Labute approximate surface area is 149 Å². The summed E-state index contributed by atoms with van der Waals surface area (Å²) in [6, 6.07) is 20.5. The SMILES string of the molecule is CC(=O)Nc1cccc2c1-c1cccc3nc4ccccc4c(c13)S2. The van der Waals surface area contributed by atoms with E-state index in [1.165, 1.54) is 10.3 Å². The average Bonchev–Trinajstić information content (AvgIpc) is 2.61. The number of aromatic nitrogens is 1. The fourth-order valence-corrected chi connectivity index (χ4v) is 4.80. The van der Waals surface area contributed by atoms with Crippen LogP contribution in [-0.2, 0) is 4.79 Å². The first-order chi connectivity index (χ1) is 12.2. The molecule has 3 nitrogen and oxygen atoms in total. The van der Waals surface area contributed by atoms with Crippen LogP contribution in [0.25, 0.3) is 32.9 Å². The summed E-state index contributed by atoms with van der Waals surface area (Å²) in [6.07, 6.45) is 0. The van der Waals surface area contributed by atoms with Crippen LogP contribution in [0.15, 0.2) is 70.5 Å². The van der Waals surface area contributed by atoms with Gasteiger partial charge in [-0.05, 0) is 29.8 Å². The summed E-state index contributed by atoms with van der Waals surface area (Å²) >= 11 is 1.75. The molecule has 1 aromatic heterocycles. The van der Waals surface area contributed by atoms with Crippen molar-refractivity contribution in [2.45, 2.75) is 16.7 Å². The van der Waals surface area contributed by atoms with Crippen LogP contribution in [0, 0.1) is 0 Å². The zero-order valence-electron chi connectivity index (χ0n) is 13.5. The number of hydrogen-bond donors (Lipinski definition) is 1. The number of pyridine rings is 1. The van der Waals surface area contributed by atoms with Crippen molar-refractivity contribution in [1.82, 2.24) is 4.98 Å². The number of benzene rings is 3. The highest BCUT2D eigenvalue weighted by Crippen LogP contribution is 2.52. The molecular formula is C21H14N2OS. The Morgan fingerprint density at radius 1 is 0.960 bits per heavy atom. The summed E-state index contributed by atoms with van der Waals surface area (Å²) in [5.74, 6) is -0.0620. The molecule has 4 heteroatoms. The van der Waals surface area contributed by atoms with Gasteiger partial charge < -0.3 is 5.32 Å². The van der Waals surface area contributed by atoms with Gasteiger partial charge in [0, 0.05) is 38.7 Å². The Morgan fingerprint density at radius 2 is 1.76 bits per heavy atom. The number of carbonyl (C=O) groups is 1. The lowest BCUT2D eigenvalue weighted by molar-refractivity contribution is -0.114. The molecule has 0 radical (unpaired) electrons. The van der Waals surface area contributed by atoms with E-state index in [0.29, 0.717) is 0 Å². The van der Waals surface area contributed by atoms with Gasteiger partial charge in [0.15, 0.2) is 0 Å².